The molecule has 0 aromatic rings. The van der Waals surface area contributed by atoms with Gasteiger partial charge in [-0.2, -0.15) is 0 Å². The zero-order valence-electron chi connectivity index (χ0n) is 28.6. The van der Waals surface area contributed by atoms with E-state index >= 15 is 0 Å². The smallest absolute Gasteiger partial charge is 0.348 e. The standard InChI is InChI=1S/C36H69O7P/c1-3-5-7-9-11-13-15-17-19-21-23-25-27-29-35(37)42-33-34(31-32-44(39,40)41)43-36(38)30-28-26-24-22-20-18-16-14-12-10-8-6-4-2/h31-32,34H,3-30,33H2,1-2H3,(H2,39,40,41)/b32-31+. The number of unbranched alkanes of at least 4 members (excludes halogenated alkanes) is 24. The van der Waals surface area contributed by atoms with Crippen LogP contribution < -0.4 is 0 Å². The van der Waals surface area contributed by atoms with Gasteiger partial charge < -0.3 is 19.3 Å². The van der Waals surface area contributed by atoms with Gasteiger partial charge in [0.05, 0.1) is 0 Å². The first-order valence-electron chi connectivity index (χ1n) is 18.4. The lowest BCUT2D eigenvalue weighted by Crippen LogP contribution is -2.23. The minimum absolute atomic E-state index is 0.238. The molecule has 0 spiro atoms. The van der Waals surface area contributed by atoms with Gasteiger partial charge in [-0.15, -0.1) is 0 Å². The molecule has 0 rings (SSSR count). The Labute approximate surface area is 270 Å². The van der Waals surface area contributed by atoms with Gasteiger partial charge >= 0.3 is 19.5 Å². The monoisotopic (exact) mass is 644 g/mol. The highest BCUT2D eigenvalue weighted by molar-refractivity contribution is 7.55. The summed E-state index contributed by atoms with van der Waals surface area (Å²) in [6, 6.07) is 0. The number of carbonyl (C=O) groups excluding carboxylic acids is 2. The minimum atomic E-state index is -4.42. The first kappa shape index (κ1) is 42.8. The van der Waals surface area contributed by atoms with Gasteiger partial charge in [-0.05, 0) is 18.9 Å². The Balaban J connectivity index is 3.98. The Morgan fingerprint density at radius 1 is 0.545 bits per heavy atom. The highest BCUT2D eigenvalue weighted by Crippen LogP contribution is 2.36. The lowest BCUT2D eigenvalue weighted by Gasteiger charge is -2.15. The maximum atomic E-state index is 12.3. The molecule has 0 aliphatic carbocycles. The second kappa shape index (κ2) is 31.8. The molecule has 0 aromatic heterocycles. The average Bonchev–Trinajstić information content (AvgIpc) is 2.98. The molecule has 0 amide bonds. The quantitative estimate of drug-likeness (QED) is 0.0415. The van der Waals surface area contributed by atoms with Gasteiger partial charge in [0, 0.05) is 18.7 Å². The third kappa shape index (κ3) is 33.7. The molecular formula is C36H69O7P. The summed E-state index contributed by atoms with van der Waals surface area (Å²) in [7, 11) is -4.42. The Morgan fingerprint density at radius 3 is 1.20 bits per heavy atom. The van der Waals surface area contributed by atoms with Crippen LogP contribution >= 0.6 is 7.60 Å². The van der Waals surface area contributed by atoms with Crippen LogP contribution in [0.5, 0.6) is 0 Å². The number of hydrogen-bond donors (Lipinski definition) is 2. The van der Waals surface area contributed by atoms with Gasteiger partial charge in [-0.1, -0.05) is 168 Å². The van der Waals surface area contributed by atoms with Crippen LogP contribution in [0.3, 0.4) is 0 Å². The van der Waals surface area contributed by atoms with Gasteiger partial charge in [-0.3, -0.25) is 14.2 Å². The third-order valence-corrected chi connectivity index (χ3v) is 8.72. The summed E-state index contributed by atoms with van der Waals surface area (Å²) in [5, 5.41) is 0. The van der Waals surface area contributed by atoms with Gasteiger partial charge in [0.15, 0.2) is 6.10 Å². The molecule has 0 saturated heterocycles. The summed E-state index contributed by atoms with van der Waals surface area (Å²) in [4.78, 5) is 42.9. The first-order valence-corrected chi connectivity index (χ1v) is 20.1. The SMILES string of the molecule is CCCCCCCCCCCCCCCC(=O)OCC(/C=C/P(=O)(O)O)OC(=O)CCCCCCCCCCCCCCC. The number of rotatable bonds is 33. The lowest BCUT2D eigenvalue weighted by molar-refractivity contribution is -0.156. The molecule has 44 heavy (non-hydrogen) atoms. The highest BCUT2D eigenvalue weighted by atomic mass is 31.2. The van der Waals surface area contributed by atoms with E-state index < -0.39 is 19.7 Å². The number of carbonyl (C=O) groups is 2. The summed E-state index contributed by atoms with van der Waals surface area (Å²) in [5.74, 6) is -0.118. The average molecular weight is 645 g/mol. The fourth-order valence-corrected chi connectivity index (χ4v) is 5.80. The van der Waals surface area contributed by atoms with Crippen molar-refractivity contribution < 1.29 is 33.4 Å². The molecule has 1 atom stereocenters. The van der Waals surface area contributed by atoms with Crippen LogP contribution in [0.15, 0.2) is 11.9 Å². The van der Waals surface area contributed by atoms with Crippen molar-refractivity contribution in [2.24, 2.45) is 0 Å². The number of esters is 2. The summed E-state index contributed by atoms with van der Waals surface area (Å²) in [6.45, 7) is 4.25. The Morgan fingerprint density at radius 2 is 0.864 bits per heavy atom. The second-order valence-electron chi connectivity index (χ2n) is 12.6. The topological polar surface area (TPSA) is 110 Å². The van der Waals surface area contributed by atoms with Crippen molar-refractivity contribution >= 4 is 19.5 Å². The molecule has 0 saturated carbocycles. The molecule has 7 nitrogen and oxygen atoms in total. The van der Waals surface area contributed by atoms with Gasteiger partial charge in [0.25, 0.3) is 0 Å². The molecule has 260 valence electrons. The van der Waals surface area contributed by atoms with E-state index in [1.54, 1.807) is 0 Å². The molecule has 0 aliphatic heterocycles. The van der Waals surface area contributed by atoms with Gasteiger partial charge in [-0.25, -0.2) is 0 Å². The van der Waals surface area contributed by atoms with Crippen molar-refractivity contribution in [1.29, 1.82) is 0 Å². The maximum absolute atomic E-state index is 12.3. The predicted molar refractivity (Wildman–Crippen MR) is 183 cm³/mol. The Hall–Kier alpha value is -1.17. The van der Waals surface area contributed by atoms with Crippen LogP contribution in [0.4, 0.5) is 0 Å². The molecule has 0 heterocycles. The number of hydrogen-bond acceptors (Lipinski definition) is 5. The van der Waals surface area contributed by atoms with Crippen molar-refractivity contribution in [3.05, 3.63) is 11.9 Å². The van der Waals surface area contributed by atoms with Crippen molar-refractivity contribution in [2.45, 2.75) is 200 Å². The second-order valence-corrected chi connectivity index (χ2v) is 14.1. The van der Waals surface area contributed by atoms with Crippen molar-refractivity contribution in [2.75, 3.05) is 6.61 Å². The van der Waals surface area contributed by atoms with E-state index in [0.717, 1.165) is 38.2 Å². The van der Waals surface area contributed by atoms with Crippen LogP contribution in [-0.2, 0) is 23.6 Å². The fraction of sp³-hybridized carbons (Fsp3) is 0.889. The zero-order chi connectivity index (χ0) is 32.6. The van der Waals surface area contributed by atoms with Crippen molar-refractivity contribution in [3.8, 4) is 0 Å². The molecule has 0 aliphatic rings. The van der Waals surface area contributed by atoms with E-state index in [4.69, 9.17) is 9.47 Å². The summed E-state index contributed by atoms with van der Waals surface area (Å²) < 4.78 is 21.9. The predicted octanol–water partition coefficient (Wildman–Crippen LogP) is 11.1. The Bertz CT molecular complexity index is 734. The zero-order valence-corrected chi connectivity index (χ0v) is 29.5. The maximum Gasteiger partial charge on any atom is 0.348 e. The normalized spacial score (nSPS) is 12.5. The highest BCUT2D eigenvalue weighted by Gasteiger charge is 2.17. The van der Waals surface area contributed by atoms with Crippen LogP contribution in [-0.4, -0.2) is 34.4 Å². The Kier molecular flexibility index (Phi) is 31.0. The third-order valence-electron chi connectivity index (χ3n) is 8.16. The molecule has 8 heteroatoms. The van der Waals surface area contributed by atoms with E-state index in [1.165, 1.54) is 128 Å². The van der Waals surface area contributed by atoms with Crippen LogP contribution in [0.25, 0.3) is 0 Å². The van der Waals surface area contributed by atoms with Crippen molar-refractivity contribution in [3.63, 3.8) is 0 Å². The molecule has 0 bridgehead atoms. The molecule has 0 radical (unpaired) electrons. The van der Waals surface area contributed by atoms with E-state index in [2.05, 4.69) is 13.8 Å². The van der Waals surface area contributed by atoms with Gasteiger partial charge in [0.1, 0.15) is 6.61 Å². The van der Waals surface area contributed by atoms with Crippen LogP contribution in [0.1, 0.15) is 194 Å². The van der Waals surface area contributed by atoms with Crippen molar-refractivity contribution in [1.82, 2.24) is 0 Å². The lowest BCUT2D eigenvalue weighted by atomic mass is 10.0. The summed E-state index contributed by atoms with van der Waals surface area (Å²) in [5.41, 5.74) is 0. The fourth-order valence-electron chi connectivity index (χ4n) is 5.39. The first-order chi connectivity index (χ1) is 21.3. The molecule has 0 fully saturated rings. The summed E-state index contributed by atoms with van der Waals surface area (Å²) in [6.07, 6.45) is 32.4. The van der Waals surface area contributed by atoms with E-state index in [9.17, 15) is 23.9 Å². The largest absolute Gasteiger partial charge is 0.461 e. The van der Waals surface area contributed by atoms with E-state index in [0.29, 0.717) is 18.7 Å². The molecular weight excluding hydrogens is 575 g/mol. The van der Waals surface area contributed by atoms with Crippen LogP contribution in [0, 0.1) is 0 Å². The molecule has 2 N–H and O–H groups in total. The molecule has 1 unspecified atom stereocenters. The van der Waals surface area contributed by atoms with E-state index in [1.807, 2.05) is 0 Å². The minimum Gasteiger partial charge on any atom is -0.461 e. The number of ether oxygens (including phenoxy) is 2. The van der Waals surface area contributed by atoms with E-state index in [-0.39, 0.29) is 19.0 Å². The van der Waals surface area contributed by atoms with Gasteiger partial charge in [0.2, 0.25) is 0 Å². The molecule has 0 aromatic carbocycles. The van der Waals surface area contributed by atoms with Crippen LogP contribution in [0.2, 0.25) is 0 Å². The summed E-state index contributed by atoms with van der Waals surface area (Å²) >= 11 is 0.